The predicted molar refractivity (Wildman–Crippen MR) is 117 cm³/mol. The van der Waals surface area contributed by atoms with Crippen molar-refractivity contribution in [2.75, 3.05) is 6.61 Å². The van der Waals surface area contributed by atoms with Gasteiger partial charge in [0, 0.05) is 11.5 Å². The van der Waals surface area contributed by atoms with E-state index in [4.69, 9.17) is 9.84 Å². The number of halogens is 3. The summed E-state index contributed by atoms with van der Waals surface area (Å²) in [6.45, 7) is 2.57. The molecule has 0 heterocycles. The summed E-state index contributed by atoms with van der Waals surface area (Å²) < 4.78 is 45.6. The van der Waals surface area contributed by atoms with Gasteiger partial charge >= 0.3 is 18.2 Å². The number of alkyl halides is 3. The molecule has 3 rings (SSSR count). The monoisotopic (exact) mass is 478 g/mol. The molecule has 1 aliphatic rings. The first-order valence-corrected chi connectivity index (χ1v) is 10.6. The SMILES string of the molecule is CC(C)(CC(=O)O)NC(=O)CC(NC(=O)OCC1c2ccccc2-c2ccccc21)C(F)(F)F. The maximum Gasteiger partial charge on any atom is 0.409 e. The van der Waals surface area contributed by atoms with Crippen molar-refractivity contribution in [1.29, 1.82) is 0 Å². The molecule has 3 N–H and O–H groups in total. The summed E-state index contributed by atoms with van der Waals surface area (Å²) in [4.78, 5) is 35.2. The molecule has 1 atom stereocenters. The largest absolute Gasteiger partial charge is 0.481 e. The average molecular weight is 478 g/mol. The van der Waals surface area contributed by atoms with Gasteiger partial charge in [-0.1, -0.05) is 48.5 Å². The Balaban J connectivity index is 1.64. The number of nitrogens with one attached hydrogen (secondary N) is 2. The van der Waals surface area contributed by atoms with E-state index < -0.39 is 48.6 Å². The van der Waals surface area contributed by atoms with Crippen molar-refractivity contribution in [2.24, 2.45) is 0 Å². The number of rotatable bonds is 8. The van der Waals surface area contributed by atoms with Gasteiger partial charge in [0.05, 0.1) is 12.8 Å². The first-order valence-electron chi connectivity index (χ1n) is 10.6. The van der Waals surface area contributed by atoms with E-state index in [1.54, 1.807) is 5.32 Å². The maximum atomic E-state index is 13.5. The highest BCUT2D eigenvalue weighted by atomic mass is 19.4. The normalized spacial score (nSPS) is 14.0. The third kappa shape index (κ3) is 6.06. The molecule has 0 spiro atoms. The van der Waals surface area contributed by atoms with Crippen LogP contribution in [-0.4, -0.2) is 47.4 Å². The van der Waals surface area contributed by atoms with Gasteiger partial charge in [-0.25, -0.2) is 4.79 Å². The van der Waals surface area contributed by atoms with E-state index in [1.807, 2.05) is 48.5 Å². The average Bonchev–Trinajstić information content (AvgIpc) is 3.03. The summed E-state index contributed by atoms with van der Waals surface area (Å²) in [5.74, 6) is -2.59. The van der Waals surface area contributed by atoms with Gasteiger partial charge in [-0.15, -0.1) is 0 Å². The number of ether oxygens (including phenoxy) is 1. The lowest BCUT2D eigenvalue weighted by Gasteiger charge is -2.27. The van der Waals surface area contributed by atoms with Crippen molar-refractivity contribution >= 4 is 18.0 Å². The zero-order valence-electron chi connectivity index (χ0n) is 18.6. The van der Waals surface area contributed by atoms with Crippen LogP contribution in [0.15, 0.2) is 48.5 Å². The summed E-state index contributed by atoms with van der Waals surface area (Å²) in [6, 6.07) is 12.5. The number of hydrogen-bond acceptors (Lipinski definition) is 4. The topological polar surface area (TPSA) is 105 Å². The smallest absolute Gasteiger partial charge is 0.409 e. The number of benzene rings is 2. The molecule has 2 aromatic rings. The second-order valence-corrected chi connectivity index (χ2v) is 8.77. The molecular formula is C24H25F3N2O5. The van der Waals surface area contributed by atoms with Gasteiger partial charge in [0.1, 0.15) is 12.6 Å². The molecule has 0 radical (unpaired) electrons. The Hall–Kier alpha value is -3.56. The summed E-state index contributed by atoms with van der Waals surface area (Å²) in [5, 5.41) is 12.8. The van der Waals surface area contributed by atoms with Crippen LogP contribution in [0.1, 0.15) is 43.7 Å². The summed E-state index contributed by atoms with van der Waals surface area (Å²) in [6.07, 6.45) is -7.81. The number of carbonyl (C=O) groups excluding carboxylic acids is 2. The van der Waals surface area contributed by atoms with E-state index in [9.17, 15) is 27.6 Å². The van der Waals surface area contributed by atoms with Crippen molar-refractivity contribution in [1.82, 2.24) is 10.6 Å². The zero-order valence-corrected chi connectivity index (χ0v) is 18.6. The summed E-state index contributed by atoms with van der Waals surface area (Å²) >= 11 is 0. The fourth-order valence-corrected chi connectivity index (χ4v) is 4.07. The van der Waals surface area contributed by atoms with Crippen molar-refractivity contribution in [3.8, 4) is 11.1 Å². The Bertz CT molecular complexity index is 1040. The molecule has 0 bridgehead atoms. The highest BCUT2D eigenvalue weighted by Crippen LogP contribution is 2.44. The third-order valence-corrected chi connectivity index (χ3v) is 5.49. The maximum absolute atomic E-state index is 13.5. The Kier molecular flexibility index (Phi) is 7.18. The second kappa shape index (κ2) is 9.74. The van der Waals surface area contributed by atoms with Crippen LogP contribution in [-0.2, 0) is 14.3 Å². The van der Waals surface area contributed by atoms with Crippen LogP contribution in [0.5, 0.6) is 0 Å². The Morgan fingerprint density at radius 1 is 1.00 bits per heavy atom. The molecule has 1 aliphatic carbocycles. The first kappa shape index (κ1) is 25.1. The van der Waals surface area contributed by atoms with E-state index in [0.29, 0.717) is 0 Å². The fraction of sp³-hybridized carbons (Fsp3) is 0.375. The summed E-state index contributed by atoms with van der Waals surface area (Å²) in [5.41, 5.74) is 2.50. The predicted octanol–water partition coefficient (Wildman–Crippen LogP) is 4.22. The minimum absolute atomic E-state index is 0.178. The number of fused-ring (bicyclic) bond motifs is 3. The van der Waals surface area contributed by atoms with E-state index in [1.165, 1.54) is 13.8 Å². The van der Waals surface area contributed by atoms with E-state index >= 15 is 0 Å². The van der Waals surface area contributed by atoms with Crippen LogP contribution in [0.4, 0.5) is 18.0 Å². The molecular weight excluding hydrogens is 453 g/mol. The lowest BCUT2D eigenvalue weighted by atomic mass is 9.98. The number of carbonyl (C=O) groups is 3. The van der Waals surface area contributed by atoms with Gasteiger partial charge in [-0.2, -0.15) is 13.2 Å². The Morgan fingerprint density at radius 2 is 1.53 bits per heavy atom. The molecule has 34 heavy (non-hydrogen) atoms. The molecule has 182 valence electrons. The number of alkyl carbamates (subject to hydrolysis) is 1. The van der Waals surface area contributed by atoms with E-state index in [0.717, 1.165) is 22.3 Å². The lowest BCUT2D eigenvalue weighted by molar-refractivity contribution is -0.161. The highest BCUT2D eigenvalue weighted by molar-refractivity contribution is 5.80. The van der Waals surface area contributed by atoms with Crippen molar-refractivity contribution in [2.45, 2.75) is 50.4 Å². The molecule has 7 nitrogen and oxygen atoms in total. The first-order chi connectivity index (χ1) is 15.9. The zero-order chi connectivity index (χ0) is 25.1. The number of carboxylic acid groups (broad SMARTS) is 1. The number of carboxylic acids is 1. The van der Waals surface area contributed by atoms with Gasteiger partial charge in [0.15, 0.2) is 0 Å². The van der Waals surface area contributed by atoms with Crippen molar-refractivity contribution < 1.29 is 37.4 Å². The molecule has 0 saturated heterocycles. The molecule has 0 aromatic heterocycles. The minimum atomic E-state index is -4.92. The standard InChI is InChI=1S/C24H25F3N2O5/c1-23(2,12-21(31)32)29-20(30)11-19(24(25,26)27)28-22(33)34-13-18-16-9-5-3-7-14(16)15-8-4-6-10-17(15)18/h3-10,18-19H,11-13H2,1-2H3,(H,28,33)(H,29,30)(H,31,32). The van der Waals surface area contributed by atoms with Crippen molar-refractivity contribution in [3.63, 3.8) is 0 Å². The van der Waals surface area contributed by atoms with E-state index in [2.05, 4.69) is 5.32 Å². The van der Waals surface area contributed by atoms with Crippen LogP contribution in [0.3, 0.4) is 0 Å². The molecule has 0 aliphatic heterocycles. The van der Waals surface area contributed by atoms with Gasteiger partial charge in [0.2, 0.25) is 5.91 Å². The van der Waals surface area contributed by atoms with Crippen LogP contribution in [0.25, 0.3) is 11.1 Å². The Morgan fingerprint density at radius 3 is 2.03 bits per heavy atom. The van der Waals surface area contributed by atoms with Crippen molar-refractivity contribution in [3.05, 3.63) is 59.7 Å². The van der Waals surface area contributed by atoms with E-state index in [-0.39, 0.29) is 12.5 Å². The highest BCUT2D eigenvalue weighted by Gasteiger charge is 2.43. The number of amides is 2. The minimum Gasteiger partial charge on any atom is -0.481 e. The summed E-state index contributed by atoms with van der Waals surface area (Å²) in [7, 11) is 0. The van der Waals surface area contributed by atoms with Gasteiger partial charge in [-0.05, 0) is 36.1 Å². The molecule has 2 aromatic carbocycles. The second-order valence-electron chi connectivity index (χ2n) is 8.77. The van der Waals surface area contributed by atoms with Gasteiger partial charge in [0.25, 0.3) is 0 Å². The molecule has 0 saturated carbocycles. The van der Waals surface area contributed by atoms with Crippen LogP contribution < -0.4 is 10.6 Å². The molecule has 2 amide bonds. The number of hydrogen-bond donors (Lipinski definition) is 3. The van der Waals surface area contributed by atoms with Gasteiger partial charge < -0.3 is 20.5 Å². The quantitative estimate of drug-likeness (QED) is 0.527. The van der Waals surface area contributed by atoms with Crippen LogP contribution in [0, 0.1) is 0 Å². The van der Waals surface area contributed by atoms with Crippen LogP contribution in [0.2, 0.25) is 0 Å². The third-order valence-electron chi connectivity index (χ3n) is 5.49. The molecule has 1 unspecified atom stereocenters. The lowest BCUT2D eigenvalue weighted by Crippen LogP contribution is -2.51. The number of aliphatic carboxylic acids is 1. The fourth-order valence-electron chi connectivity index (χ4n) is 4.07. The molecule has 0 fully saturated rings. The van der Waals surface area contributed by atoms with Gasteiger partial charge in [-0.3, -0.25) is 9.59 Å². The van der Waals surface area contributed by atoms with Crippen LogP contribution >= 0.6 is 0 Å². The molecule has 10 heteroatoms. The Labute approximate surface area is 194 Å².